The first-order valence-electron chi connectivity index (χ1n) is 6.29. The number of nitrogens with zero attached hydrogens (tertiary/aromatic N) is 3. The van der Waals surface area contributed by atoms with Gasteiger partial charge in [-0.3, -0.25) is 0 Å². The van der Waals surface area contributed by atoms with Crippen LogP contribution in [-0.2, 0) is 6.42 Å². The summed E-state index contributed by atoms with van der Waals surface area (Å²) in [5, 5.41) is 9.14. The minimum Gasteiger partial charge on any atom is -0.493 e. The fraction of sp³-hybridized carbons (Fsp3) is 0.214. The molecule has 0 aliphatic rings. The van der Waals surface area contributed by atoms with Crippen LogP contribution in [0.5, 0.6) is 5.75 Å². The SMILES string of the molecule is N#CCc1ccc(OCCSc2nc(N)cc(N)n2)cc1. The number of hydrogen-bond acceptors (Lipinski definition) is 7. The van der Waals surface area contributed by atoms with E-state index in [9.17, 15) is 0 Å². The highest BCUT2D eigenvalue weighted by Gasteiger charge is 2.02. The summed E-state index contributed by atoms with van der Waals surface area (Å²) >= 11 is 1.43. The molecule has 0 bridgehead atoms. The van der Waals surface area contributed by atoms with Gasteiger partial charge in [0.1, 0.15) is 17.4 Å². The molecule has 0 radical (unpaired) electrons. The third-order valence-corrected chi connectivity index (χ3v) is 3.35. The van der Waals surface area contributed by atoms with E-state index in [4.69, 9.17) is 21.5 Å². The molecule has 4 N–H and O–H groups in total. The Labute approximate surface area is 127 Å². The van der Waals surface area contributed by atoms with Crippen molar-refractivity contribution in [3.05, 3.63) is 35.9 Å². The molecule has 1 aromatic carbocycles. The molecule has 108 valence electrons. The Bertz CT molecular complexity index is 619. The molecule has 0 aliphatic carbocycles. The number of nitrogens with two attached hydrogens (primary N) is 2. The van der Waals surface area contributed by atoms with E-state index in [0.717, 1.165) is 11.3 Å². The van der Waals surface area contributed by atoms with Gasteiger partial charge < -0.3 is 16.2 Å². The Kier molecular flexibility index (Phi) is 5.23. The molecule has 0 saturated carbocycles. The minimum atomic E-state index is 0.360. The van der Waals surface area contributed by atoms with Gasteiger partial charge in [-0.15, -0.1) is 0 Å². The molecule has 1 heterocycles. The minimum absolute atomic E-state index is 0.360. The molecule has 0 aliphatic heterocycles. The first kappa shape index (κ1) is 14.9. The Hall–Kier alpha value is -2.46. The number of rotatable bonds is 6. The zero-order valence-corrected chi connectivity index (χ0v) is 12.1. The van der Waals surface area contributed by atoms with Gasteiger partial charge in [-0.2, -0.15) is 5.26 Å². The average Bonchev–Trinajstić information content (AvgIpc) is 2.45. The third-order valence-electron chi connectivity index (χ3n) is 2.54. The molecule has 0 unspecified atom stereocenters. The Morgan fingerprint density at radius 1 is 1.14 bits per heavy atom. The van der Waals surface area contributed by atoms with Crippen molar-refractivity contribution in [2.45, 2.75) is 11.6 Å². The quantitative estimate of drug-likeness (QED) is 0.476. The third kappa shape index (κ3) is 4.85. The van der Waals surface area contributed by atoms with Crippen molar-refractivity contribution in [1.82, 2.24) is 9.97 Å². The number of hydrogen-bond donors (Lipinski definition) is 2. The van der Waals surface area contributed by atoms with Crippen LogP contribution in [0, 0.1) is 11.3 Å². The fourth-order valence-corrected chi connectivity index (χ4v) is 2.30. The van der Waals surface area contributed by atoms with Gasteiger partial charge in [0.2, 0.25) is 0 Å². The monoisotopic (exact) mass is 301 g/mol. The maximum atomic E-state index is 8.60. The summed E-state index contributed by atoms with van der Waals surface area (Å²) in [5.74, 6) is 2.17. The predicted octanol–water partition coefficient (Wildman–Crippen LogP) is 1.88. The first-order chi connectivity index (χ1) is 10.2. The van der Waals surface area contributed by atoms with Crippen molar-refractivity contribution in [3.8, 4) is 11.8 Å². The summed E-state index contributed by atoms with van der Waals surface area (Å²) in [6.07, 6.45) is 0.407. The van der Waals surface area contributed by atoms with Gasteiger partial charge in [0, 0.05) is 11.8 Å². The van der Waals surface area contributed by atoms with Crippen LogP contribution in [0.15, 0.2) is 35.5 Å². The predicted molar refractivity (Wildman–Crippen MR) is 82.8 cm³/mol. The van der Waals surface area contributed by atoms with Gasteiger partial charge >= 0.3 is 0 Å². The van der Waals surface area contributed by atoms with Gasteiger partial charge in [0.15, 0.2) is 5.16 Å². The molecular formula is C14H15N5OS. The van der Waals surface area contributed by atoms with Gasteiger partial charge in [-0.25, -0.2) is 9.97 Å². The normalized spacial score (nSPS) is 10.0. The highest BCUT2D eigenvalue weighted by atomic mass is 32.2. The second-order valence-corrected chi connectivity index (χ2v) is 5.24. The van der Waals surface area contributed by atoms with Gasteiger partial charge in [0.25, 0.3) is 0 Å². The number of aromatic nitrogens is 2. The zero-order valence-electron chi connectivity index (χ0n) is 11.3. The van der Waals surface area contributed by atoms with Crippen molar-refractivity contribution < 1.29 is 4.74 Å². The summed E-state index contributed by atoms with van der Waals surface area (Å²) < 4.78 is 5.60. The summed E-state index contributed by atoms with van der Waals surface area (Å²) in [4.78, 5) is 8.15. The number of anilines is 2. The van der Waals surface area contributed by atoms with E-state index in [0.29, 0.717) is 35.6 Å². The van der Waals surface area contributed by atoms with Crippen LogP contribution in [0.2, 0.25) is 0 Å². The van der Waals surface area contributed by atoms with Crippen molar-refractivity contribution in [1.29, 1.82) is 5.26 Å². The van der Waals surface area contributed by atoms with Crippen LogP contribution in [0.3, 0.4) is 0 Å². The lowest BCUT2D eigenvalue weighted by Gasteiger charge is -2.06. The van der Waals surface area contributed by atoms with Gasteiger partial charge in [0.05, 0.1) is 19.1 Å². The number of ether oxygens (including phenoxy) is 1. The summed E-state index contributed by atoms with van der Waals surface area (Å²) in [5.41, 5.74) is 12.2. The van der Waals surface area contributed by atoms with E-state index in [1.165, 1.54) is 17.8 Å². The van der Waals surface area contributed by atoms with Crippen molar-refractivity contribution in [3.63, 3.8) is 0 Å². The molecule has 1 aromatic heterocycles. The average molecular weight is 301 g/mol. The highest BCUT2D eigenvalue weighted by Crippen LogP contribution is 2.17. The van der Waals surface area contributed by atoms with Crippen LogP contribution in [-0.4, -0.2) is 22.3 Å². The number of benzene rings is 1. The second kappa shape index (κ2) is 7.36. The van der Waals surface area contributed by atoms with Crippen LogP contribution in [0.1, 0.15) is 5.56 Å². The molecule has 0 saturated heterocycles. The molecular weight excluding hydrogens is 286 g/mol. The lowest BCUT2D eigenvalue weighted by atomic mass is 10.2. The molecule has 0 fully saturated rings. The zero-order chi connectivity index (χ0) is 15.1. The molecule has 7 heteroatoms. The summed E-state index contributed by atoms with van der Waals surface area (Å²) in [7, 11) is 0. The number of thioether (sulfide) groups is 1. The van der Waals surface area contributed by atoms with Crippen LogP contribution < -0.4 is 16.2 Å². The lowest BCUT2D eigenvalue weighted by molar-refractivity contribution is 0.344. The maximum Gasteiger partial charge on any atom is 0.191 e. The summed E-state index contributed by atoms with van der Waals surface area (Å²) in [6, 6.07) is 11.1. The smallest absolute Gasteiger partial charge is 0.191 e. The van der Waals surface area contributed by atoms with Crippen molar-refractivity contribution >= 4 is 23.4 Å². The lowest BCUT2D eigenvalue weighted by Crippen LogP contribution is -2.03. The molecule has 2 aromatic rings. The van der Waals surface area contributed by atoms with E-state index in [1.54, 1.807) is 0 Å². The Balaban J connectivity index is 1.78. The van der Waals surface area contributed by atoms with E-state index in [-0.39, 0.29) is 0 Å². The van der Waals surface area contributed by atoms with Crippen LogP contribution in [0.4, 0.5) is 11.6 Å². The van der Waals surface area contributed by atoms with Crippen LogP contribution in [0.25, 0.3) is 0 Å². The second-order valence-electron chi connectivity index (χ2n) is 4.18. The number of nitriles is 1. The Morgan fingerprint density at radius 2 is 1.81 bits per heavy atom. The van der Waals surface area contributed by atoms with E-state index >= 15 is 0 Å². The van der Waals surface area contributed by atoms with Crippen molar-refractivity contribution in [2.24, 2.45) is 0 Å². The van der Waals surface area contributed by atoms with Gasteiger partial charge in [-0.05, 0) is 17.7 Å². The topological polar surface area (TPSA) is 111 Å². The first-order valence-corrected chi connectivity index (χ1v) is 7.27. The van der Waals surface area contributed by atoms with Gasteiger partial charge in [-0.1, -0.05) is 23.9 Å². The van der Waals surface area contributed by atoms with E-state index < -0.39 is 0 Å². The maximum absolute atomic E-state index is 8.60. The molecule has 21 heavy (non-hydrogen) atoms. The van der Waals surface area contributed by atoms with E-state index in [2.05, 4.69) is 16.0 Å². The van der Waals surface area contributed by atoms with Crippen molar-refractivity contribution in [2.75, 3.05) is 23.8 Å². The Morgan fingerprint density at radius 3 is 2.43 bits per heavy atom. The molecule has 0 spiro atoms. The van der Waals surface area contributed by atoms with E-state index in [1.807, 2.05) is 24.3 Å². The molecule has 0 amide bonds. The molecule has 2 rings (SSSR count). The highest BCUT2D eigenvalue weighted by molar-refractivity contribution is 7.99. The molecule has 6 nitrogen and oxygen atoms in total. The number of nitrogen functional groups attached to an aromatic ring is 2. The fourth-order valence-electron chi connectivity index (χ4n) is 1.61. The molecule has 0 atom stereocenters. The standard InChI is InChI=1S/C14H15N5OS/c15-6-5-10-1-3-11(4-2-10)20-7-8-21-14-18-12(16)9-13(17)19-14/h1-4,9H,5,7-8H2,(H4,16,17,18,19). The summed E-state index contributed by atoms with van der Waals surface area (Å²) in [6.45, 7) is 0.514. The largest absolute Gasteiger partial charge is 0.493 e. The van der Waals surface area contributed by atoms with Crippen LogP contribution >= 0.6 is 11.8 Å².